The molecule has 8 heavy (non-hydrogen) atoms. The molecule has 0 aromatic carbocycles. The molecule has 0 amide bonds. The van der Waals surface area contributed by atoms with Gasteiger partial charge in [0.1, 0.15) is 0 Å². The van der Waals surface area contributed by atoms with Crippen molar-refractivity contribution in [1.82, 2.24) is 0 Å². The van der Waals surface area contributed by atoms with Crippen molar-refractivity contribution in [2.45, 2.75) is 0 Å². The molecule has 0 unspecified atom stereocenters. The van der Waals surface area contributed by atoms with E-state index < -0.39 is 0 Å². The van der Waals surface area contributed by atoms with Crippen molar-refractivity contribution in [3.8, 4) is 0 Å². The molecule has 0 aromatic rings. The first-order valence-corrected chi connectivity index (χ1v) is 1.70. The molecule has 0 saturated heterocycles. The summed E-state index contributed by atoms with van der Waals surface area (Å²) in [7, 11) is 0. The maximum absolute atomic E-state index is 8.38. The quantitative estimate of drug-likeness (QED) is 0.404. The van der Waals surface area contributed by atoms with Gasteiger partial charge in [0.25, 0.3) is 0 Å². The Balaban J connectivity index is 0. The molecule has 0 atom stereocenters. The van der Waals surface area contributed by atoms with Crippen molar-refractivity contribution in [1.29, 1.82) is 0 Å². The van der Waals surface area contributed by atoms with Crippen LogP contribution in [-0.2, 0) is 34.7 Å². The van der Waals surface area contributed by atoms with Crippen LogP contribution in [0.5, 0.6) is 0 Å². The predicted molar refractivity (Wildman–Crippen MR) is 21.5 cm³/mol. The van der Waals surface area contributed by atoms with Gasteiger partial charge in [-0.25, -0.2) is 0 Å². The number of hydrogen-bond acceptors (Lipinski definition) is 2. The molecule has 0 saturated carbocycles. The van der Waals surface area contributed by atoms with Gasteiger partial charge in [0.2, 0.25) is 0 Å². The minimum Gasteiger partial charge on any atom is -0.355 e. The van der Waals surface area contributed by atoms with Gasteiger partial charge in [0.05, 0.1) is 0 Å². The molecule has 0 aliphatic carbocycles. The molecule has 1 heterocycles. The van der Waals surface area contributed by atoms with E-state index in [2.05, 4.69) is 4.99 Å². The van der Waals surface area contributed by atoms with E-state index in [0.717, 1.165) is 4.74 Å². The predicted octanol–water partition coefficient (Wildman–Crippen LogP) is -0.504. The summed E-state index contributed by atoms with van der Waals surface area (Å²) < 4.78 is 1.01. The van der Waals surface area contributed by atoms with Crippen LogP contribution in [0, 0.1) is 0 Å². The number of hydroxylamine groups is 1. The zero-order valence-corrected chi connectivity index (χ0v) is 6.57. The minimum atomic E-state index is 0. The van der Waals surface area contributed by atoms with Gasteiger partial charge < -0.3 is 5.21 Å². The van der Waals surface area contributed by atoms with Crippen LogP contribution in [0.15, 0.2) is 4.99 Å². The van der Waals surface area contributed by atoms with Crippen molar-refractivity contribution in [3.05, 3.63) is 0 Å². The number of nitrogens with zero attached hydrogens (tertiary/aromatic N) is 2. The fourth-order valence-corrected chi connectivity index (χ4v) is 0.302. The molecule has 0 bridgehead atoms. The summed E-state index contributed by atoms with van der Waals surface area (Å²) in [6.45, 7) is 0.528. The normalized spacial score (nSPS) is 13.8. The van der Waals surface area contributed by atoms with Crippen molar-refractivity contribution in [2.75, 3.05) is 6.54 Å². The summed E-state index contributed by atoms with van der Waals surface area (Å²) in [5, 5.41) is 8.38. The fourth-order valence-electron chi connectivity index (χ4n) is 0.302. The second kappa shape index (κ2) is 5.34. The van der Waals surface area contributed by atoms with E-state index in [1.807, 2.05) is 0 Å². The standard InChI is InChI=1S/C3H5N2O.2Cr/c6-5-2-1-4-3-5;;/h1,3,6H,2H2;;/q+1;;. The molecule has 0 spiro atoms. The topological polar surface area (TPSA) is 35.6 Å². The van der Waals surface area contributed by atoms with Crippen LogP contribution < -0.4 is 0 Å². The molecule has 0 fully saturated rings. The minimum absolute atomic E-state index is 0. The van der Waals surface area contributed by atoms with Crippen LogP contribution in [0.4, 0.5) is 0 Å². The summed E-state index contributed by atoms with van der Waals surface area (Å²) in [5.41, 5.74) is 0. The SMILES string of the molecule is O[N+]1=CN=CC1.[Cr].[Cr]. The van der Waals surface area contributed by atoms with Crippen molar-refractivity contribution < 1.29 is 44.7 Å². The maximum Gasteiger partial charge on any atom is 0.319 e. The van der Waals surface area contributed by atoms with Gasteiger partial charge in [-0.2, -0.15) is 0 Å². The first-order chi connectivity index (χ1) is 2.89. The molecule has 1 rings (SSSR count). The Morgan fingerprint density at radius 3 is 2.25 bits per heavy atom. The third-order valence-electron chi connectivity index (χ3n) is 0.574. The summed E-state index contributed by atoms with van der Waals surface area (Å²) in [6, 6.07) is 0. The van der Waals surface area contributed by atoms with Crippen molar-refractivity contribution in [2.24, 2.45) is 4.99 Å². The first-order valence-electron chi connectivity index (χ1n) is 1.70. The van der Waals surface area contributed by atoms with E-state index in [0.29, 0.717) is 6.54 Å². The van der Waals surface area contributed by atoms with Crippen LogP contribution in [-0.4, -0.2) is 29.0 Å². The number of rotatable bonds is 0. The van der Waals surface area contributed by atoms with E-state index in [4.69, 9.17) is 5.21 Å². The second-order valence-corrected chi connectivity index (χ2v) is 1.07. The van der Waals surface area contributed by atoms with Crippen LogP contribution in [0.2, 0.25) is 0 Å². The summed E-state index contributed by atoms with van der Waals surface area (Å²) in [5.74, 6) is 0. The van der Waals surface area contributed by atoms with E-state index in [-0.39, 0.29) is 34.7 Å². The third kappa shape index (κ3) is 3.24. The molecule has 1 N–H and O–H groups in total. The average molecular weight is 189 g/mol. The molecule has 0 radical (unpaired) electrons. The van der Waals surface area contributed by atoms with E-state index >= 15 is 0 Å². The Bertz CT molecular complexity index is 112. The van der Waals surface area contributed by atoms with Gasteiger partial charge in [0, 0.05) is 34.7 Å². The van der Waals surface area contributed by atoms with Crippen LogP contribution in [0.1, 0.15) is 0 Å². The van der Waals surface area contributed by atoms with Gasteiger partial charge in [-0.1, -0.05) is 9.73 Å². The van der Waals surface area contributed by atoms with E-state index in [9.17, 15) is 0 Å². The van der Waals surface area contributed by atoms with Crippen LogP contribution >= 0.6 is 0 Å². The maximum atomic E-state index is 8.38. The molecular formula is C3H5Cr2N2O+. The Labute approximate surface area is 69.0 Å². The molecular weight excluding hydrogens is 184 g/mol. The van der Waals surface area contributed by atoms with E-state index in [1.54, 1.807) is 6.21 Å². The van der Waals surface area contributed by atoms with Crippen molar-refractivity contribution in [3.63, 3.8) is 0 Å². The van der Waals surface area contributed by atoms with Gasteiger partial charge in [-0.3, -0.25) is 0 Å². The van der Waals surface area contributed by atoms with Crippen LogP contribution in [0.3, 0.4) is 0 Å². The van der Waals surface area contributed by atoms with Crippen LogP contribution in [0.25, 0.3) is 0 Å². The molecule has 44 valence electrons. The van der Waals surface area contributed by atoms with Gasteiger partial charge in [-0.15, -0.1) is 0 Å². The summed E-state index contributed by atoms with van der Waals surface area (Å²) in [4.78, 5) is 3.59. The largest absolute Gasteiger partial charge is 0.355 e. The number of aliphatic imine (C=N–C) groups is 1. The zero-order valence-electron chi connectivity index (χ0n) is 4.02. The van der Waals surface area contributed by atoms with Crippen molar-refractivity contribution >= 4 is 12.6 Å². The third-order valence-corrected chi connectivity index (χ3v) is 0.574. The smallest absolute Gasteiger partial charge is 0.319 e. The molecule has 1 aliphatic rings. The number of hydrogen-bond donors (Lipinski definition) is 1. The van der Waals surface area contributed by atoms with E-state index in [1.165, 1.54) is 6.34 Å². The first kappa shape index (κ1) is 11.1. The molecule has 3 nitrogen and oxygen atoms in total. The monoisotopic (exact) mass is 189 g/mol. The molecule has 0 aromatic heterocycles. The van der Waals surface area contributed by atoms with Gasteiger partial charge in [-0.05, 0) is 0 Å². The molecule has 1 aliphatic heterocycles. The Hall–Kier alpha value is 0.205. The Morgan fingerprint density at radius 2 is 2.12 bits per heavy atom. The Morgan fingerprint density at radius 1 is 1.50 bits per heavy atom. The zero-order chi connectivity index (χ0) is 4.41. The van der Waals surface area contributed by atoms with Gasteiger partial charge in [0.15, 0.2) is 12.8 Å². The summed E-state index contributed by atoms with van der Waals surface area (Å²) in [6.07, 6.45) is 2.99. The second-order valence-electron chi connectivity index (χ2n) is 1.07. The Kier molecular flexibility index (Phi) is 7.39. The van der Waals surface area contributed by atoms with Gasteiger partial charge >= 0.3 is 6.34 Å². The molecule has 5 heteroatoms. The average Bonchev–Trinajstić information content (AvgIpc) is 1.86. The summed E-state index contributed by atoms with van der Waals surface area (Å²) >= 11 is 0. The fraction of sp³-hybridized carbons (Fsp3) is 0.333.